The summed E-state index contributed by atoms with van der Waals surface area (Å²) >= 11 is 3.38. The second-order valence-corrected chi connectivity index (χ2v) is 4.90. The zero-order valence-corrected chi connectivity index (χ0v) is 9.50. The first-order chi connectivity index (χ1) is 6.66. The standard InChI is InChI=1S/C11H14BrNO/c12-8-3-4-11(14)9(6-8)10(13)5-7-1-2-7/h3-4,6-7,10,14H,1-2,5,13H2/t10-/m0/s1. The third-order valence-electron chi connectivity index (χ3n) is 2.67. The van der Waals surface area contributed by atoms with Gasteiger partial charge in [-0.2, -0.15) is 0 Å². The normalized spacial score (nSPS) is 18.1. The van der Waals surface area contributed by atoms with Crippen LogP contribution in [-0.4, -0.2) is 5.11 Å². The highest BCUT2D eigenvalue weighted by molar-refractivity contribution is 9.10. The summed E-state index contributed by atoms with van der Waals surface area (Å²) in [5, 5.41) is 9.64. The minimum atomic E-state index is -0.0278. The van der Waals surface area contributed by atoms with Crippen LogP contribution in [0.5, 0.6) is 5.75 Å². The lowest BCUT2D eigenvalue weighted by atomic mass is 10.0. The van der Waals surface area contributed by atoms with Crippen molar-refractivity contribution in [1.82, 2.24) is 0 Å². The fourth-order valence-electron chi connectivity index (χ4n) is 1.66. The monoisotopic (exact) mass is 255 g/mol. The molecule has 0 radical (unpaired) electrons. The van der Waals surface area contributed by atoms with Gasteiger partial charge in [-0.05, 0) is 30.5 Å². The summed E-state index contributed by atoms with van der Waals surface area (Å²) in [5.41, 5.74) is 6.88. The summed E-state index contributed by atoms with van der Waals surface area (Å²) < 4.78 is 0.969. The molecule has 1 saturated carbocycles. The number of benzene rings is 1. The van der Waals surface area contributed by atoms with Crippen molar-refractivity contribution in [2.45, 2.75) is 25.3 Å². The summed E-state index contributed by atoms with van der Waals surface area (Å²) in [4.78, 5) is 0. The highest BCUT2D eigenvalue weighted by atomic mass is 79.9. The van der Waals surface area contributed by atoms with Gasteiger partial charge in [0.25, 0.3) is 0 Å². The quantitative estimate of drug-likeness (QED) is 0.873. The number of hydrogen-bond acceptors (Lipinski definition) is 2. The van der Waals surface area contributed by atoms with Crippen LogP contribution < -0.4 is 5.73 Å². The minimum Gasteiger partial charge on any atom is -0.508 e. The van der Waals surface area contributed by atoms with E-state index in [2.05, 4.69) is 15.9 Å². The van der Waals surface area contributed by atoms with E-state index < -0.39 is 0 Å². The first-order valence-electron chi connectivity index (χ1n) is 4.91. The van der Waals surface area contributed by atoms with Crippen LogP contribution in [0.4, 0.5) is 0 Å². The Hall–Kier alpha value is -0.540. The molecule has 3 heteroatoms. The molecule has 1 atom stereocenters. The predicted octanol–water partition coefficient (Wildman–Crippen LogP) is 2.95. The molecule has 0 spiro atoms. The Kier molecular flexibility index (Phi) is 2.79. The number of nitrogens with two attached hydrogens (primary N) is 1. The zero-order valence-electron chi connectivity index (χ0n) is 7.91. The van der Waals surface area contributed by atoms with Crippen molar-refractivity contribution in [3.63, 3.8) is 0 Å². The van der Waals surface area contributed by atoms with Gasteiger partial charge in [0, 0.05) is 16.1 Å². The Morgan fingerprint density at radius 1 is 1.50 bits per heavy atom. The second-order valence-electron chi connectivity index (χ2n) is 3.99. The van der Waals surface area contributed by atoms with E-state index in [-0.39, 0.29) is 6.04 Å². The summed E-state index contributed by atoms with van der Waals surface area (Å²) in [7, 11) is 0. The van der Waals surface area contributed by atoms with Crippen LogP contribution in [-0.2, 0) is 0 Å². The molecule has 1 aliphatic carbocycles. The van der Waals surface area contributed by atoms with E-state index in [0.717, 1.165) is 22.4 Å². The van der Waals surface area contributed by atoms with Crippen LogP contribution in [0.25, 0.3) is 0 Å². The molecule has 0 heterocycles. The topological polar surface area (TPSA) is 46.2 Å². The van der Waals surface area contributed by atoms with Crippen molar-refractivity contribution in [3.05, 3.63) is 28.2 Å². The molecular weight excluding hydrogens is 242 g/mol. The number of rotatable bonds is 3. The van der Waals surface area contributed by atoms with Crippen LogP contribution in [0.1, 0.15) is 30.9 Å². The Morgan fingerprint density at radius 3 is 2.86 bits per heavy atom. The lowest BCUT2D eigenvalue weighted by Gasteiger charge is -2.13. The summed E-state index contributed by atoms with van der Waals surface area (Å²) in [5.74, 6) is 1.09. The van der Waals surface area contributed by atoms with Gasteiger partial charge in [-0.15, -0.1) is 0 Å². The number of phenols is 1. The number of phenolic OH excluding ortho intramolecular Hbond substituents is 1. The van der Waals surface area contributed by atoms with E-state index in [9.17, 15) is 5.11 Å². The molecule has 1 aromatic rings. The molecule has 1 aliphatic rings. The lowest BCUT2D eigenvalue weighted by Crippen LogP contribution is -2.11. The highest BCUT2D eigenvalue weighted by Crippen LogP contribution is 2.38. The fraction of sp³-hybridized carbons (Fsp3) is 0.455. The molecule has 0 bridgehead atoms. The van der Waals surface area contributed by atoms with Crippen LogP contribution in [0, 0.1) is 5.92 Å². The first kappa shape index (κ1) is 9.99. The average Bonchev–Trinajstić information content (AvgIpc) is 2.93. The lowest BCUT2D eigenvalue weighted by molar-refractivity contribution is 0.455. The molecule has 3 N–H and O–H groups in total. The molecule has 0 aliphatic heterocycles. The maximum absolute atomic E-state index is 9.64. The SMILES string of the molecule is N[C@@H](CC1CC1)c1cc(Br)ccc1O. The van der Waals surface area contributed by atoms with Gasteiger partial charge in [0.2, 0.25) is 0 Å². The molecule has 0 unspecified atom stereocenters. The maximum atomic E-state index is 9.64. The van der Waals surface area contributed by atoms with Crippen molar-refractivity contribution >= 4 is 15.9 Å². The van der Waals surface area contributed by atoms with Crippen molar-refractivity contribution in [1.29, 1.82) is 0 Å². The van der Waals surface area contributed by atoms with Crippen molar-refractivity contribution < 1.29 is 5.11 Å². The van der Waals surface area contributed by atoms with Gasteiger partial charge in [0.1, 0.15) is 5.75 Å². The smallest absolute Gasteiger partial charge is 0.120 e. The van der Waals surface area contributed by atoms with E-state index >= 15 is 0 Å². The third-order valence-corrected chi connectivity index (χ3v) is 3.17. The van der Waals surface area contributed by atoms with Crippen LogP contribution in [0.2, 0.25) is 0 Å². The molecule has 76 valence electrons. The molecular formula is C11H14BrNO. The van der Waals surface area contributed by atoms with E-state index in [1.54, 1.807) is 6.07 Å². The maximum Gasteiger partial charge on any atom is 0.120 e. The van der Waals surface area contributed by atoms with E-state index in [4.69, 9.17) is 5.73 Å². The van der Waals surface area contributed by atoms with E-state index in [1.165, 1.54) is 12.8 Å². The highest BCUT2D eigenvalue weighted by Gasteiger charge is 2.25. The first-order valence-corrected chi connectivity index (χ1v) is 5.70. The predicted molar refractivity (Wildman–Crippen MR) is 60.1 cm³/mol. The Morgan fingerprint density at radius 2 is 2.21 bits per heavy atom. The largest absolute Gasteiger partial charge is 0.508 e. The van der Waals surface area contributed by atoms with Gasteiger partial charge in [-0.3, -0.25) is 0 Å². The second kappa shape index (κ2) is 3.91. The van der Waals surface area contributed by atoms with Crippen LogP contribution in [0.15, 0.2) is 22.7 Å². The van der Waals surface area contributed by atoms with Gasteiger partial charge in [-0.25, -0.2) is 0 Å². The molecule has 0 aromatic heterocycles. The minimum absolute atomic E-state index is 0.0278. The van der Waals surface area contributed by atoms with Crippen molar-refractivity contribution in [2.24, 2.45) is 11.7 Å². The molecule has 1 aromatic carbocycles. The van der Waals surface area contributed by atoms with E-state index in [1.807, 2.05) is 12.1 Å². The van der Waals surface area contributed by atoms with Crippen LogP contribution >= 0.6 is 15.9 Å². The van der Waals surface area contributed by atoms with Gasteiger partial charge in [-0.1, -0.05) is 28.8 Å². The Labute approximate surface area is 92.3 Å². The molecule has 0 amide bonds. The molecule has 1 fully saturated rings. The van der Waals surface area contributed by atoms with Gasteiger partial charge >= 0.3 is 0 Å². The van der Waals surface area contributed by atoms with Crippen molar-refractivity contribution in [2.75, 3.05) is 0 Å². The van der Waals surface area contributed by atoms with Gasteiger partial charge in [0.15, 0.2) is 0 Å². The summed E-state index contributed by atoms with van der Waals surface area (Å²) in [6.45, 7) is 0. The Balaban J connectivity index is 2.15. The van der Waals surface area contributed by atoms with Gasteiger partial charge in [0.05, 0.1) is 0 Å². The molecule has 2 rings (SSSR count). The van der Waals surface area contributed by atoms with Gasteiger partial charge < -0.3 is 10.8 Å². The third kappa shape index (κ3) is 2.28. The van der Waals surface area contributed by atoms with E-state index in [0.29, 0.717) is 5.75 Å². The molecule has 2 nitrogen and oxygen atoms in total. The number of hydrogen-bond donors (Lipinski definition) is 2. The average molecular weight is 256 g/mol. The molecule has 14 heavy (non-hydrogen) atoms. The number of halogens is 1. The summed E-state index contributed by atoms with van der Waals surface area (Å²) in [6.07, 6.45) is 3.58. The van der Waals surface area contributed by atoms with Crippen molar-refractivity contribution in [3.8, 4) is 5.75 Å². The Bertz CT molecular complexity index is 336. The molecule has 0 saturated heterocycles. The summed E-state index contributed by atoms with van der Waals surface area (Å²) in [6, 6.07) is 5.39. The number of aromatic hydroxyl groups is 1. The zero-order chi connectivity index (χ0) is 10.1. The van der Waals surface area contributed by atoms with Crippen LogP contribution in [0.3, 0.4) is 0 Å². The fourth-order valence-corrected chi connectivity index (χ4v) is 2.04.